The van der Waals surface area contributed by atoms with E-state index in [-0.39, 0.29) is 29.4 Å². The van der Waals surface area contributed by atoms with Crippen LogP contribution in [0.2, 0.25) is 0 Å². The molecular formula is C18H18N2O3. The molecule has 5 nitrogen and oxygen atoms in total. The number of rotatable bonds is 4. The number of phenols is 1. The van der Waals surface area contributed by atoms with E-state index in [1.54, 1.807) is 18.3 Å². The Morgan fingerprint density at radius 1 is 1.22 bits per heavy atom. The smallest absolute Gasteiger partial charge is 0.287 e. The van der Waals surface area contributed by atoms with Crippen LogP contribution in [-0.2, 0) is 0 Å². The molecule has 2 heterocycles. The zero-order valence-corrected chi connectivity index (χ0v) is 13.0. The van der Waals surface area contributed by atoms with Crippen molar-refractivity contribution in [1.82, 2.24) is 10.3 Å². The molecule has 0 bridgehead atoms. The number of carbonyl (C=O) groups is 1. The van der Waals surface area contributed by atoms with Gasteiger partial charge in [0.15, 0.2) is 5.76 Å². The van der Waals surface area contributed by atoms with Crippen molar-refractivity contribution in [2.75, 3.05) is 0 Å². The predicted octanol–water partition coefficient (Wildman–Crippen LogP) is 3.66. The van der Waals surface area contributed by atoms with Crippen molar-refractivity contribution in [3.05, 3.63) is 60.2 Å². The molecule has 0 aliphatic heterocycles. The number of phenolic OH excluding ortho intramolecular Hbond substituents is 1. The second-order valence-electron chi connectivity index (χ2n) is 5.75. The highest BCUT2D eigenvalue weighted by Gasteiger charge is 2.24. The summed E-state index contributed by atoms with van der Waals surface area (Å²) in [6, 6.07) is 10.3. The summed E-state index contributed by atoms with van der Waals surface area (Å²) in [6.07, 6.45) is 3.09. The van der Waals surface area contributed by atoms with Crippen LogP contribution in [0.15, 0.2) is 53.3 Å². The van der Waals surface area contributed by atoms with Crippen molar-refractivity contribution in [1.29, 1.82) is 0 Å². The lowest BCUT2D eigenvalue weighted by Crippen LogP contribution is -2.31. The van der Waals surface area contributed by atoms with Crippen molar-refractivity contribution >= 4 is 16.8 Å². The maximum Gasteiger partial charge on any atom is 0.287 e. The van der Waals surface area contributed by atoms with E-state index in [0.29, 0.717) is 11.1 Å². The Labute approximate surface area is 134 Å². The van der Waals surface area contributed by atoms with Crippen molar-refractivity contribution in [2.24, 2.45) is 5.92 Å². The molecule has 0 aliphatic rings. The number of carbonyl (C=O) groups excluding carboxylic acids is 1. The molecule has 118 valence electrons. The third kappa shape index (κ3) is 2.90. The number of fused-ring (bicyclic) bond motifs is 1. The van der Waals surface area contributed by atoms with Crippen LogP contribution in [0.5, 0.6) is 5.75 Å². The Kier molecular flexibility index (Phi) is 4.02. The van der Waals surface area contributed by atoms with Crippen LogP contribution in [0.3, 0.4) is 0 Å². The molecule has 23 heavy (non-hydrogen) atoms. The summed E-state index contributed by atoms with van der Waals surface area (Å²) in [4.78, 5) is 16.5. The van der Waals surface area contributed by atoms with Gasteiger partial charge in [0, 0.05) is 17.1 Å². The maximum absolute atomic E-state index is 12.3. The number of pyridine rings is 1. The second kappa shape index (κ2) is 6.12. The van der Waals surface area contributed by atoms with Crippen molar-refractivity contribution in [3.8, 4) is 5.75 Å². The first kappa shape index (κ1) is 15.1. The topological polar surface area (TPSA) is 75.4 Å². The highest BCUT2D eigenvalue weighted by atomic mass is 16.3. The molecule has 3 rings (SSSR count). The largest absolute Gasteiger partial charge is 0.505 e. The molecule has 1 unspecified atom stereocenters. The van der Waals surface area contributed by atoms with E-state index < -0.39 is 0 Å². The fraction of sp³-hybridized carbons (Fsp3) is 0.222. The zero-order valence-electron chi connectivity index (χ0n) is 13.0. The summed E-state index contributed by atoms with van der Waals surface area (Å²) in [7, 11) is 0. The molecular weight excluding hydrogens is 292 g/mol. The zero-order chi connectivity index (χ0) is 16.4. The number of benzene rings is 1. The molecule has 1 amide bonds. The Hall–Kier alpha value is -2.82. The fourth-order valence-electron chi connectivity index (χ4n) is 2.62. The molecule has 0 saturated heterocycles. The Bertz CT molecular complexity index is 825. The monoisotopic (exact) mass is 310 g/mol. The first-order valence-electron chi connectivity index (χ1n) is 7.49. The van der Waals surface area contributed by atoms with Crippen molar-refractivity contribution < 1.29 is 14.3 Å². The van der Waals surface area contributed by atoms with Gasteiger partial charge in [0.05, 0.1) is 12.3 Å². The van der Waals surface area contributed by atoms with E-state index in [4.69, 9.17) is 4.42 Å². The van der Waals surface area contributed by atoms with Crippen molar-refractivity contribution in [3.63, 3.8) is 0 Å². The standard InChI is InChI=1S/C18H18N2O3/c1-11(2)15(20-18(22)14-6-4-10-23-14)13-8-7-12-5-3-9-19-16(12)17(13)21/h3-11,15,21H,1-2H3,(H,20,22). The fourth-order valence-corrected chi connectivity index (χ4v) is 2.62. The first-order valence-corrected chi connectivity index (χ1v) is 7.49. The predicted molar refractivity (Wildman–Crippen MR) is 87.2 cm³/mol. The second-order valence-corrected chi connectivity index (χ2v) is 5.75. The van der Waals surface area contributed by atoms with Crippen LogP contribution in [0.4, 0.5) is 0 Å². The molecule has 1 aromatic carbocycles. The molecule has 0 aliphatic carbocycles. The Morgan fingerprint density at radius 2 is 2.04 bits per heavy atom. The van der Waals surface area contributed by atoms with E-state index in [0.717, 1.165) is 5.39 Å². The summed E-state index contributed by atoms with van der Waals surface area (Å²) in [5.41, 5.74) is 1.18. The lowest BCUT2D eigenvalue weighted by molar-refractivity contribution is 0.0897. The van der Waals surface area contributed by atoms with Gasteiger partial charge in [-0.3, -0.25) is 9.78 Å². The average Bonchev–Trinajstić information content (AvgIpc) is 3.08. The third-order valence-electron chi connectivity index (χ3n) is 3.81. The molecule has 2 N–H and O–H groups in total. The van der Waals surface area contributed by atoms with Crippen LogP contribution >= 0.6 is 0 Å². The minimum absolute atomic E-state index is 0.0842. The van der Waals surface area contributed by atoms with E-state index in [2.05, 4.69) is 10.3 Å². The van der Waals surface area contributed by atoms with Crippen LogP contribution in [0, 0.1) is 5.92 Å². The molecule has 5 heteroatoms. The maximum atomic E-state index is 12.3. The lowest BCUT2D eigenvalue weighted by atomic mass is 9.94. The number of nitrogens with zero attached hydrogens (tertiary/aromatic N) is 1. The Balaban J connectivity index is 1.98. The quantitative estimate of drug-likeness (QED) is 0.771. The van der Waals surface area contributed by atoms with Crippen molar-refractivity contribution in [2.45, 2.75) is 19.9 Å². The third-order valence-corrected chi connectivity index (χ3v) is 3.81. The molecule has 2 aromatic heterocycles. The highest BCUT2D eigenvalue weighted by Crippen LogP contribution is 2.34. The van der Waals surface area contributed by atoms with Gasteiger partial charge in [-0.15, -0.1) is 0 Å². The molecule has 0 saturated carbocycles. The van der Waals surface area contributed by atoms with Gasteiger partial charge in [-0.05, 0) is 24.1 Å². The molecule has 0 radical (unpaired) electrons. The summed E-state index contributed by atoms with van der Waals surface area (Å²) >= 11 is 0. The van der Waals surface area contributed by atoms with Crippen LogP contribution in [0.25, 0.3) is 10.9 Å². The van der Waals surface area contributed by atoms with Gasteiger partial charge in [-0.2, -0.15) is 0 Å². The van der Waals surface area contributed by atoms with E-state index in [1.165, 1.54) is 6.26 Å². The summed E-state index contributed by atoms with van der Waals surface area (Å²) in [5.74, 6) is 0.116. The van der Waals surface area contributed by atoms with Gasteiger partial charge in [0.2, 0.25) is 0 Å². The van der Waals surface area contributed by atoms with E-state index >= 15 is 0 Å². The van der Waals surface area contributed by atoms with Gasteiger partial charge in [0.25, 0.3) is 5.91 Å². The molecule has 0 fully saturated rings. The number of hydrogen-bond donors (Lipinski definition) is 2. The van der Waals surface area contributed by atoms with Gasteiger partial charge in [-0.25, -0.2) is 0 Å². The Morgan fingerprint density at radius 3 is 2.74 bits per heavy atom. The van der Waals surface area contributed by atoms with Gasteiger partial charge in [0.1, 0.15) is 11.3 Å². The number of amides is 1. The number of aromatic hydroxyl groups is 1. The van der Waals surface area contributed by atoms with Gasteiger partial charge >= 0.3 is 0 Å². The van der Waals surface area contributed by atoms with E-state index in [9.17, 15) is 9.90 Å². The minimum Gasteiger partial charge on any atom is -0.505 e. The lowest BCUT2D eigenvalue weighted by Gasteiger charge is -2.23. The van der Waals surface area contributed by atoms with Crippen LogP contribution in [0.1, 0.15) is 36.0 Å². The average molecular weight is 310 g/mol. The minimum atomic E-state index is -0.348. The van der Waals surface area contributed by atoms with Crippen LogP contribution < -0.4 is 5.32 Å². The van der Waals surface area contributed by atoms with Gasteiger partial charge in [-0.1, -0.05) is 32.0 Å². The summed E-state index contributed by atoms with van der Waals surface area (Å²) in [6.45, 7) is 3.96. The summed E-state index contributed by atoms with van der Waals surface area (Å²) in [5, 5.41) is 14.4. The SMILES string of the molecule is CC(C)C(NC(=O)c1ccco1)c1ccc2cccnc2c1O. The number of aromatic nitrogens is 1. The molecule has 1 atom stereocenters. The molecule has 0 spiro atoms. The summed E-state index contributed by atoms with van der Waals surface area (Å²) < 4.78 is 5.13. The van der Waals surface area contributed by atoms with Gasteiger partial charge < -0.3 is 14.8 Å². The normalized spacial score (nSPS) is 12.5. The highest BCUT2D eigenvalue weighted by molar-refractivity contribution is 5.92. The first-order chi connectivity index (χ1) is 11.1. The number of hydrogen-bond acceptors (Lipinski definition) is 4. The number of nitrogens with one attached hydrogen (secondary N) is 1. The molecule has 3 aromatic rings. The van der Waals surface area contributed by atoms with Crippen LogP contribution in [-0.4, -0.2) is 16.0 Å². The van der Waals surface area contributed by atoms with E-state index in [1.807, 2.05) is 38.1 Å². The number of furan rings is 1.